The highest BCUT2D eigenvalue weighted by molar-refractivity contribution is 6.18. The first-order chi connectivity index (χ1) is 16.1. The van der Waals surface area contributed by atoms with Crippen LogP contribution in [0.5, 0.6) is 0 Å². The number of rotatable bonds is 1. The molecule has 3 aromatic carbocycles. The van der Waals surface area contributed by atoms with Crippen molar-refractivity contribution in [2.45, 2.75) is 65.2 Å². The fourth-order valence-electron chi connectivity index (χ4n) is 6.20. The van der Waals surface area contributed by atoms with Crippen LogP contribution in [0.25, 0.3) is 44.0 Å². The third-order valence-electron chi connectivity index (χ3n) is 8.34. The van der Waals surface area contributed by atoms with Gasteiger partial charge in [-0.15, -0.1) is 0 Å². The van der Waals surface area contributed by atoms with E-state index < -0.39 is 0 Å². The fourth-order valence-corrected chi connectivity index (χ4v) is 6.20. The molecule has 0 amide bonds. The highest BCUT2D eigenvalue weighted by atomic mass is 16.3. The molecule has 2 heteroatoms. The first-order valence-electron chi connectivity index (χ1n) is 12.5. The van der Waals surface area contributed by atoms with Crippen molar-refractivity contribution in [1.29, 1.82) is 0 Å². The predicted octanol–water partition coefficient (Wildman–Crippen LogP) is 8.20. The summed E-state index contributed by atoms with van der Waals surface area (Å²) in [6.07, 6.45) is 4.54. The Morgan fingerprint density at radius 1 is 0.794 bits per heavy atom. The number of nitrogens with zero attached hydrogens (tertiary/aromatic N) is 1. The zero-order chi connectivity index (χ0) is 24.0. The van der Waals surface area contributed by atoms with Crippen molar-refractivity contribution in [1.82, 2.24) is 0 Å². The molecule has 34 heavy (non-hydrogen) atoms. The van der Waals surface area contributed by atoms with E-state index in [4.69, 9.17) is 4.42 Å². The summed E-state index contributed by atoms with van der Waals surface area (Å²) >= 11 is 0. The van der Waals surface area contributed by atoms with E-state index in [2.05, 4.69) is 108 Å². The van der Waals surface area contributed by atoms with Crippen molar-refractivity contribution < 1.29 is 8.98 Å². The Morgan fingerprint density at radius 3 is 2.26 bits per heavy atom. The summed E-state index contributed by atoms with van der Waals surface area (Å²) in [7, 11) is 2.12. The highest BCUT2D eigenvalue weighted by Crippen LogP contribution is 2.50. The summed E-state index contributed by atoms with van der Waals surface area (Å²) in [5.74, 6) is 0. The van der Waals surface area contributed by atoms with Gasteiger partial charge in [-0.05, 0) is 71.2 Å². The van der Waals surface area contributed by atoms with Gasteiger partial charge in [0, 0.05) is 28.3 Å². The summed E-state index contributed by atoms with van der Waals surface area (Å²) < 4.78 is 9.14. The lowest BCUT2D eigenvalue weighted by Crippen LogP contribution is -2.34. The lowest BCUT2D eigenvalue weighted by molar-refractivity contribution is -0.660. The van der Waals surface area contributed by atoms with Crippen LogP contribution in [0.2, 0.25) is 0 Å². The molecule has 0 aliphatic heterocycles. The predicted molar refractivity (Wildman–Crippen MR) is 143 cm³/mol. The number of pyridine rings is 1. The van der Waals surface area contributed by atoms with Crippen molar-refractivity contribution in [3.8, 4) is 11.3 Å². The van der Waals surface area contributed by atoms with E-state index in [1.807, 2.05) is 0 Å². The second kappa shape index (κ2) is 6.95. The van der Waals surface area contributed by atoms with Gasteiger partial charge in [0.25, 0.3) is 0 Å². The molecule has 0 radical (unpaired) electrons. The zero-order valence-electron chi connectivity index (χ0n) is 21.5. The maximum Gasteiger partial charge on any atom is 0.216 e. The maximum absolute atomic E-state index is 6.94. The minimum absolute atomic E-state index is 0.110. The van der Waals surface area contributed by atoms with Gasteiger partial charge < -0.3 is 4.42 Å². The highest BCUT2D eigenvalue weighted by Gasteiger charge is 2.39. The molecule has 0 unspecified atom stereocenters. The molecule has 0 saturated heterocycles. The fraction of sp³-hybridized carbons (Fsp3) is 0.344. The summed E-state index contributed by atoms with van der Waals surface area (Å²) in [5.41, 5.74) is 10.1. The Hall–Kier alpha value is -3.13. The van der Waals surface area contributed by atoms with Gasteiger partial charge >= 0.3 is 0 Å². The van der Waals surface area contributed by atoms with Crippen molar-refractivity contribution in [3.05, 3.63) is 77.0 Å². The molecule has 2 nitrogen and oxygen atoms in total. The van der Waals surface area contributed by atoms with Gasteiger partial charge in [0.15, 0.2) is 6.20 Å². The Bertz CT molecular complexity index is 1630. The molecule has 2 aromatic heterocycles. The normalized spacial score (nSPS) is 16.9. The molecule has 5 aromatic rings. The average molecular weight is 449 g/mol. The molecular weight excluding hydrogens is 414 g/mol. The minimum atomic E-state index is 0.110. The van der Waals surface area contributed by atoms with Gasteiger partial charge in [-0.25, -0.2) is 4.57 Å². The van der Waals surface area contributed by atoms with Gasteiger partial charge in [-0.3, -0.25) is 0 Å². The van der Waals surface area contributed by atoms with Crippen LogP contribution in [0.3, 0.4) is 0 Å². The summed E-state index contributed by atoms with van der Waals surface area (Å²) in [6.45, 7) is 13.9. The van der Waals surface area contributed by atoms with Crippen molar-refractivity contribution in [3.63, 3.8) is 0 Å². The summed E-state index contributed by atoms with van der Waals surface area (Å²) in [4.78, 5) is 0. The van der Waals surface area contributed by atoms with E-state index in [1.165, 1.54) is 67.9 Å². The molecule has 1 aliphatic carbocycles. The average Bonchev–Trinajstić information content (AvgIpc) is 3.17. The van der Waals surface area contributed by atoms with Gasteiger partial charge in [-0.1, -0.05) is 58.0 Å². The van der Waals surface area contributed by atoms with Crippen LogP contribution >= 0.6 is 0 Å². The number of hydrogen-bond acceptors (Lipinski definition) is 1. The quantitative estimate of drug-likeness (QED) is 0.236. The van der Waals surface area contributed by atoms with Gasteiger partial charge in [0.2, 0.25) is 5.69 Å². The lowest BCUT2D eigenvalue weighted by atomic mass is 9.62. The molecule has 0 spiro atoms. The summed E-state index contributed by atoms with van der Waals surface area (Å²) in [6, 6.07) is 18.1. The molecule has 0 bridgehead atoms. The van der Waals surface area contributed by atoms with E-state index in [9.17, 15) is 0 Å². The number of fused-ring (bicyclic) bond motifs is 7. The van der Waals surface area contributed by atoms with E-state index >= 15 is 0 Å². The van der Waals surface area contributed by atoms with Crippen LogP contribution in [0, 0.1) is 13.8 Å². The molecular formula is C32H34NO+. The number of aromatic nitrogens is 1. The van der Waals surface area contributed by atoms with E-state index in [0.29, 0.717) is 0 Å². The van der Waals surface area contributed by atoms with Crippen LogP contribution in [0.1, 0.15) is 62.8 Å². The SMILES string of the molecule is Cc1cc[n+](C)c(-c2c(C)ccc3c2oc2c3ccc3ccc4c(c32)C(C)(C)CCC4(C)C)c1. The Kier molecular flexibility index (Phi) is 4.37. The number of furan rings is 1. The molecule has 0 atom stereocenters. The second-order valence-electron chi connectivity index (χ2n) is 11.7. The molecule has 0 N–H and O–H groups in total. The molecule has 6 rings (SSSR count). The third kappa shape index (κ3) is 2.90. The van der Waals surface area contributed by atoms with E-state index in [1.54, 1.807) is 0 Å². The smallest absolute Gasteiger partial charge is 0.216 e. The largest absolute Gasteiger partial charge is 0.454 e. The Balaban J connectivity index is 1.80. The van der Waals surface area contributed by atoms with Crippen LogP contribution in [-0.2, 0) is 17.9 Å². The molecule has 172 valence electrons. The van der Waals surface area contributed by atoms with Crippen LogP contribution in [0.15, 0.2) is 59.1 Å². The van der Waals surface area contributed by atoms with E-state index in [0.717, 1.165) is 11.2 Å². The standard InChI is InChI=1S/C32H34NO/c1-19-14-17-33(7)25(18-19)26-20(2)8-11-22-23-12-9-21-10-13-24-28(27(21)30(23)34-29(22)26)32(5,6)16-15-31(24,3)4/h8-14,17-18H,15-16H2,1-7H3/q+1. The van der Waals surface area contributed by atoms with Gasteiger partial charge in [0.05, 0.1) is 5.56 Å². The Morgan fingerprint density at radius 2 is 1.47 bits per heavy atom. The number of aryl methyl sites for hydroxylation is 3. The molecule has 0 fully saturated rings. The summed E-state index contributed by atoms with van der Waals surface area (Å²) in [5, 5.41) is 4.99. The van der Waals surface area contributed by atoms with Crippen LogP contribution < -0.4 is 4.57 Å². The van der Waals surface area contributed by atoms with Gasteiger partial charge in [0.1, 0.15) is 18.2 Å². The van der Waals surface area contributed by atoms with Crippen LogP contribution in [0.4, 0.5) is 0 Å². The van der Waals surface area contributed by atoms with Crippen molar-refractivity contribution in [2.24, 2.45) is 7.05 Å². The third-order valence-corrected chi connectivity index (χ3v) is 8.34. The van der Waals surface area contributed by atoms with Crippen molar-refractivity contribution >= 4 is 32.7 Å². The number of hydrogen-bond donors (Lipinski definition) is 0. The molecule has 0 saturated carbocycles. The molecule has 2 heterocycles. The molecule has 1 aliphatic rings. The zero-order valence-corrected chi connectivity index (χ0v) is 21.5. The lowest BCUT2D eigenvalue weighted by Gasteiger charge is -2.42. The second-order valence-corrected chi connectivity index (χ2v) is 11.7. The van der Waals surface area contributed by atoms with Crippen molar-refractivity contribution in [2.75, 3.05) is 0 Å². The van der Waals surface area contributed by atoms with E-state index in [-0.39, 0.29) is 10.8 Å². The number of benzene rings is 3. The minimum Gasteiger partial charge on any atom is -0.454 e. The maximum atomic E-state index is 6.94. The first kappa shape index (κ1) is 21.4. The Labute approximate surface area is 202 Å². The first-order valence-corrected chi connectivity index (χ1v) is 12.5. The topological polar surface area (TPSA) is 17.0 Å². The van der Waals surface area contributed by atoms with Gasteiger partial charge in [-0.2, -0.15) is 0 Å². The monoisotopic (exact) mass is 448 g/mol. The van der Waals surface area contributed by atoms with Crippen LogP contribution in [-0.4, -0.2) is 0 Å².